The largest absolute Gasteiger partial charge is 0.398 e. The molecule has 0 heterocycles. The predicted molar refractivity (Wildman–Crippen MR) is 65.6 cm³/mol. The number of amides is 1. The number of nitrogens with two attached hydrogens (primary N) is 1. The van der Waals surface area contributed by atoms with E-state index in [4.69, 9.17) is 15.9 Å². The number of carbonyl (C=O) groups excluding carboxylic acids is 1. The van der Waals surface area contributed by atoms with E-state index in [0.29, 0.717) is 11.3 Å². The summed E-state index contributed by atoms with van der Waals surface area (Å²) in [7, 11) is 0. The maximum atomic E-state index is 11.9. The Labute approximate surface area is 100 Å². The second-order valence-electron chi connectivity index (χ2n) is 4.42. The minimum atomic E-state index is -1.05. The van der Waals surface area contributed by atoms with Gasteiger partial charge in [0.1, 0.15) is 0 Å². The average Bonchev–Trinajstić information content (AvgIpc) is 2.32. The number of rotatable bonds is 4. The molecule has 17 heavy (non-hydrogen) atoms. The molecule has 1 amide bonds. The highest BCUT2D eigenvalue weighted by molar-refractivity contribution is 5.99. The molecule has 0 spiro atoms. The van der Waals surface area contributed by atoms with Gasteiger partial charge in [-0.3, -0.25) is 4.79 Å². The minimum Gasteiger partial charge on any atom is -0.398 e. The van der Waals surface area contributed by atoms with Crippen molar-refractivity contribution in [2.75, 3.05) is 18.9 Å². The standard InChI is InChI=1S/C12H18N2O3/c1-8-3-4-10(13)9(5-8)11(17)14-12(2,6-15)7-16/h3-5,15-16H,6-7,13H2,1-2H3,(H,14,17). The zero-order valence-corrected chi connectivity index (χ0v) is 10.0. The van der Waals surface area contributed by atoms with E-state index in [2.05, 4.69) is 5.32 Å². The minimum absolute atomic E-state index is 0.345. The van der Waals surface area contributed by atoms with Crippen LogP contribution in [0.3, 0.4) is 0 Å². The van der Waals surface area contributed by atoms with Gasteiger partial charge in [-0.2, -0.15) is 0 Å². The van der Waals surface area contributed by atoms with Gasteiger partial charge in [-0.15, -0.1) is 0 Å². The molecule has 0 saturated carbocycles. The van der Waals surface area contributed by atoms with Gasteiger partial charge in [0.15, 0.2) is 0 Å². The Kier molecular flexibility index (Phi) is 4.09. The lowest BCUT2D eigenvalue weighted by atomic mass is 10.0. The number of carbonyl (C=O) groups is 1. The summed E-state index contributed by atoms with van der Waals surface area (Å²) in [5.41, 5.74) is 6.29. The maximum Gasteiger partial charge on any atom is 0.253 e. The Balaban J connectivity index is 2.94. The fourth-order valence-electron chi connectivity index (χ4n) is 1.34. The molecule has 1 aromatic rings. The van der Waals surface area contributed by atoms with Gasteiger partial charge in [-0.25, -0.2) is 0 Å². The summed E-state index contributed by atoms with van der Waals surface area (Å²) in [6, 6.07) is 5.13. The molecule has 0 aliphatic heterocycles. The molecule has 5 heteroatoms. The molecule has 1 aromatic carbocycles. The first kappa shape index (κ1) is 13.5. The maximum absolute atomic E-state index is 11.9. The summed E-state index contributed by atoms with van der Waals surface area (Å²) in [5.74, 6) is -0.406. The van der Waals surface area contributed by atoms with Crippen LogP contribution in [0.15, 0.2) is 18.2 Å². The van der Waals surface area contributed by atoms with Gasteiger partial charge in [-0.1, -0.05) is 11.6 Å². The van der Waals surface area contributed by atoms with Crippen molar-refractivity contribution in [2.24, 2.45) is 0 Å². The molecule has 5 nitrogen and oxygen atoms in total. The van der Waals surface area contributed by atoms with Crippen molar-refractivity contribution < 1.29 is 15.0 Å². The van der Waals surface area contributed by atoms with Gasteiger partial charge in [0.25, 0.3) is 5.91 Å². The highest BCUT2D eigenvalue weighted by atomic mass is 16.3. The van der Waals surface area contributed by atoms with E-state index in [0.717, 1.165) is 5.56 Å². The highest BCUT2D eigenvalue weighted by Crippen LogP contribution is 2.15. The first-order valence-corrected chi connectivity index (χ1v) is 5.32. The lowest BCUT2D eigenvalue weighted by molar-refractivity contribution is 0.0724. The Morgan fingerprint density at radius 1 is 1.41 bits per heavy atom. The third kappa shape index (κ3) is 3.18. The number of hydrogen-bond donors (Lipinski definition) is 4. The summed E-state index contributed by atoms with van der Waals surface area (Å²) < 4.78 is 0. The normalized spacial score (nSPS) is 11.3. The van der Waals surface area contributed by atoms with Crippen molar-refractivity contribution >= 4 is 11.6 Å². The van der Waals surface area contributed by atoms with Gasteiger partial charge in [0.05, 0.1) is 24.3 Å². The first-order chi connectivity index (χ1) is 7.91. The summed E-state index contributed by atoms with van der Waals surface area (Å²) in [6.07, 6.45) is 0. The molecule has 0 aliphatic rings. The quantitative estimate of drug-likeness (QED) is 0.557. The molecular formula is C12H18N2O3. The molecule has 94 valence electrons. The van der Waals surface area contributed by atoms with Gasteiger partial charge in [-0.05, 0) is 26.0 Å². The Hall–Kier alpha value is -1.59. The van der Waals surface area contributed by atoms with Crippen molar-refractivity contribution in [1.82, 2.24) is 5.32 Å². The number of benzene rings is 1. The number of hydrogen-bond acceptors (Lipinski definition) is 4. The molecule has 0 aliphatic carbocycles. The second kappa shape index (κ2) is 5.16. The van der Waals surface area contributed by atoms with Crippen LogP contribution in [0.1, 0.15) is 22.8 Å². The number of anilines is 1. The molecule has 0 atom stereocenters. The Morgan fingerprint density at radius 2 is 2.00 bits per heavy atom. The number of aliphatic hydroxyl groups is 2. The van der Waals surface area contributed by atoms with E-state index in [9.17, 15) is 4.79 Å². The molecule has 0 radical (unpaired) electrons. The average molecular weight is 238 g/mol. The van der Waals surface area contributed by atoms with Crippen LogP contribution in [0.5, 0.6) is 0 Å². The summed E-state index contributed by atoms with van der Waals surface area (Å²) in [5, 5.41) is 20.8. The molecule has 0 bridgehead atoms. The van der Waals surface area contributed by atoms with Crippen LogP contribution >= 0.6 is 0 Å². The van der Waals surface area contributed by atoms with E-state index in [1.165, 1.54) is 0 Å². The van der Waals surface area contributed by atoms with Gasteiger partial charge in [0, 0.05) is 5.69 Å². The molecule has 0 saturated heterocycles. The van der Waals surface area contributed by atoms with Gasteiger partial charge >= 0.3 is 0 Å². The Morgan fingerprint density at radius 3 is 2.53 bits per heavy atom. The van der Waals surface area contributed by atoms with Crippen LogP contribution < -0.4 is 11.1 Å². The van der Waals surface area contributed by atoms with Crippen LogP contribution in [-0.2, 0) is 0 Å². The lowest BCUT2D eigenvalue weighted by Crippen LogP contribution is -2.51. The van der Waals surface area contributed by atoms with Crippen LogP contribution in [0, 0.1) is 6.92 Å². The number of aryl methyl sites for hydroxylation is 1. The first-order valence-electron chi connectivity index (χ1n) is 5.32. The lowest BCUT2D eigenvalue weighted by Gasteiger charge is -2.26. The zero-order valence-electron chi connectivity index (χ0n) is 10.0. The van der Waals surface area contributed by atoms with Crippen molar-refractivity contribution in [3.05, 3.63) is 29.3 Å². The van der Waals surface area contributed by atoms with Crippen molar-refractivity contribution in [3.63, 3.8) is 0 Å². The molecule has 0 unspecified atom stereocenters. The fraction of sp³-hybridized carbons (Fsp3) is 0.417. The monoisotopic (exact) mass is 238 g/mol. The number of nitrogen functional groups attached to an aromatic ring is 1. The van der Waals surface area contributed by atoms with Crippen molar-refractivity contribution in [2.45, 2.75) is 19.4 Å². The SMILES string of the molecule is Cc1ccc(N)c(C(=O)NC(C)(CO)CO)c1. The van der Waals surface area contributed by atoms with Crippen LogP contribution in [0.2, 0.25) is 0 Å². The van der Waals surface area contributed by atoms with E-state index < -0.39 is 11.4 Å². The number of nitrogens with one attached hydrogen (secondary N) is 1. The predicted octanol–water partition coefficient (Wildman–Crippen LogP) is 0.0503. The van der Waals surface area contributed by atoms with Crippen LogP contribution in [0.4, 0.5) is 5.69 Å². The van der Waals surface area contributed by atoms with E-state index in [1.807, 2.05) is 13.0 Å². The van der Waals surface area contributed by atoms with E-state index in [1.54, 1.807) is 19.1 Å². The molecule has 0 aromatic heterocycles. The van der Waals surface area contributed by atoms with Gasteiger partial charge in [0.2, 0.25) is 0 Å². The van der Waals surface area contributed by atoms with Gasteiger partial charge < -0.3 is 21.3 Å². The molecule has 5 N–H and O–H groups in total. The van der Waals surface area contributed by atoms with E-state index >= 15 is 0 Å². The highest BCUT2D eigenvalue weighted by Gasteiger charge is 2.25. The second-order valence-corrected chi connectivity index (χ2v) is 4.42. The summed E-state index contributed by atoms with van der Waals surface area (Å²) >= 11 is 0. The Bertz CT molecular complexity index is 414. The van der Waals surface area contributed by atoms with Crippen molar-refractivity contribution in [1.29, 1.82) is 0 Å². The number of aliphatic hydroxyl groups excluding tert-OH is 2. The molecule has 1 rings (SSSR count). The van der Waals surface area contributed by atoms with Crippen molar-refractivity contribution in [3.8, 4) is 0 Å². The van der Waals surface area contributed by atoms with E-state index in [-0.39, 0.29) is 13.2 Å². The summed E-state index contributed by atoms with van der Waals surface area (Å²) in [6.45, 7) is 2.71. The third-order valence-corrected chi connectivity index (χ3v) is 2.57. The third-order valence-electron chi connectivity index (χ3n) is 2.57. The molecule has 0 fully saturated rings. The topological polar surface area (TPSA) is 95.6 Å². The summed E-state index contributed by atoms with van der Waals surface area (Å²) in [4.78, 5) is 11.9. The van der Waals surface area contributed by atoms with Crippen LogP contribution in [-0.4, -0.2) is 34.9 Å². The fourth-order valence-corrected chi connectivity index (χ4v) is 1.34. The smallest absolute Gasteiger partial charge is 0.253 e. The zero-order chi connectivity index (χ0) is 13.1. The van der Waals surface area contributed by atoms with Crippen LogP contribution in [0.25, 0.3) is 0 Å². The molecular weight excluding hydrogens is 220 g/mol.